The van der Waals surface area contributed by atoms with Gasteiger partial charge < -0.3 is 9.47 Å². The molecule has 134 valence electrons. The lowest BCUT2D eigenvalue weighted by atomic mass is 10.1. The first-order chi connectivity index (χ1) is 11.6. The van der Waals surface area contributed by atoms with E-state index in [1.807, 2.05) is 6.92 Å². The fraction of sp³-hybridized carbons (Fsp3) is 0.600. The lowest BCUT2D eigenvalue weighted by Crippen LogP contribution is -2.21. The van der Waals surface area contributed by atoms with Crippen molar-refractivity contribution in [2.75, 3.05) is 6.61 Å². The van der Waals surface area contributed by atoms with E-state index in [1.54, 1.807) is 24.3 Å². The summed E-state index contributed by atoms with van der Waals surface area (Å²) in [7, 11) is 0. The van der Waals surface area contributed by atoms with Gasteiger partial charge in [-0.1, -0.05) is 58.6 Å². The zero-order chi connectivity index (χ0) is 17.8. The molecule has 0 bridgehead atoms. The van der Waals surface area contributed by atoms with Crippen molar-refractivity contribution in [3.63, 3.8) is 0 Å². The largest absolute Gasteiger partial charge is 0.462 e. The van der Waals surface area contributed by atoms with Crippen LogP contribution in [-0.2, 0) is 9.47 Å². The van der Waals surface area contributed by atoms with Gasteiger partial charge in [-0.2, -0.15) is 0 Å². The smallest absolute Gasteiger partial charge is 0.339 e. The molecule has 0 aliphatic rings. The van der Waals surface area contributed by atoms with E-state index < -0.39 is 11.9 Å². The average molecular weight is 334 g/mol. The highest BCUT2D eigenvalue weighted by Crippen LogP contribution is 2.17. The first kappa shape index (κ1) is 20.2. The van der Waals surface area contributed by atoms with Crippen LogP contribution in [0.1, 0.15) is 86.4 Å². The van der Waals surface area contributed by atoms with Gasteiger partial charge in [0.05, 0.1) is 17.7 Å². The summed E-state index contributed by atoms with van der Waals surface area (Å²) in [6.07, 6.45) is 6.43. The molecule has 1 rings (SSSR count). The molecule has 0 saturated heterocycles. The molecular weight excluding hydrogens is 304 g/mol. The van der Waals surface area contributed by atoms with Crippen LogP contribution in [-0.4, -0.2) is 24.6 Å². The molecule has 1 aromatic carbocycles. The van der Waals surface area contributed by atoms with Gasteiger partial charge >= 0.3 is 11.9 Å². The summed E-state index contributed by atoms with van der Waals surface area (Å²) in [6.45, 7) is 6.59. The highest BCUT2D eigenvalue weighted by atomic mass is 16.5. The van der Waals surface area contributed by atoms with Crippen LogP contribution in [0.4, 0.5) is 0 Å². The predicted molar refractivity (Wildman–Crippen MR) is 95.3 cm³/mol. The van der Waals surface area contributed by atoms with E-state index in [2.05, 4.69) is 13.8 Å². The molecule has 24 heavy (non-hydrogen) atoms. The number of benzene rings is 1. The van der Waals surface area contributed by atoms with Crippen LogP contribution in [0.2, 0.25) is 0 Å². The lowest BCUT2D eigenvalue weighted by molar-refractivity contribution is 0.0246. The zero-order valence-electron chi connectivity index (χ0n) is 15.2. The van der Waals surface area contributed by atoms with Gasteiger partial charge in [0.25, 0.3) is 0 Å². The highest BCUT2D eigenvalue weighted by Gasteiger charge is 2.21. The van der Waals surface area contributed by atoms with Crippen molar-refractivity contribution in [1.82, 2.24) is 0 Å². The van der Waals surface area contributed by atoms with E-state index in [4.69, 9.17) is 9.47 Å². The third-order valence-corrected chi connectivity index (χ3v) is 3.86. The molecule has 4 heteroatoms. The predicted octanol–water partition coefficient (Wildman–Crippen LogP) is 5.16. The summed E-state index contributed by atoms with van der Waals surface area (Å²) in [5, 5.41) is 0. The van der Waals surface area contributed by atoms with Crippen LogP contribution in [0.15, 0.2) is 24.3 Å². The normalized spacial score (nSPS) is 11.8. The molecule has 0 radical (unpaired) electrons. The number of hydrogen-bond donors (Lipinski definition) is 0. The molecule has 1 unspecified atom stereocenters. The Morgan fingerprint density at radius 1 is 0.875 bits per heavy atom. The first-order valence-electron chi connectivity index (χ1n) is 9.11. The maximum absolute atomic E-state index is 12.5. The van der Waals surface area contributed by atoms with E-state index in [1.165, 1.54) is 0 Å². The van der Waals surface area contributed by atoms with Crippen LogP contribution in [0.5, 0.6) is 0 Å². The SMILES string of the molecule is CCCCOC(=O)c1ccccc1C(=O)OC(CCC)CCCC. The summed E-state index contributed by atoms with van der Waals surface area (Å²) in [5.74, 6) is -0.899. The molecule has 0 aliphatic carbocycles. The molecule has 1 atom stereocenters. The van der Waals surface area contributed by atoms with Gasteiger partial charge in [-0.05, 0) is 31.4 Å². The van der Waals surface area contributed by atoms with Gasteiger partial charge in [-0.15, -0.1) is 0 Å². The summed E-state index contributed by atoms with van der Waals surface area (Å²) >= 11 is 0. The Morgan fingerprint density at radius 2 is 1.50 bits per heavy atom. The number of rotatable bonds is 11. The fourth-order valence-corrected chi connectivity index (χ4v) is 2.46. The van der Waals surface area contributed by atoms with Gasteiger partial charge in [0.15, 0.2) is 0 Å². The van der Waals surface area contributed by atoms with E-state index >= 15 is 0 Å². The Kier molecular flexibility index (Phi) is 9.81. The number of ether oxygens (including phenoxy) is 2. The third kappa shape index (κ3) is 6.73. The second-order valence-electron chi connectivity index (χ2n) is 5.99. The Balaban J connectivity index is 2.80. The lowest BCUT2D eigenvalue weighted by Gasteiger charge is -2.18. The fourth-order valence-electron chi connectivity index (χ4n) is 2.46. The summed E-state index contributed by atoms with van der Waals surface area (Å²) in [5.41, 5.74) is 0.570. The molecule has 4 nitrogen and oxygen atoms in total. The van der Waals surface area contributed by atoms with Gasteiger partial charge in [0.2, 0.25) is 0 Å². The monoisotopic (exact) mass is 334 g/mol. The van der Waals surface area contributed by atoms with Crippen molar-refractivity contribution < 1.29 is 19.1 Å². The second kappa shape index (κ2) is 11.7. The number of unbranched alkanes of at least 4 members (excludes halogenated alkanes) is 2. The maximum Gasteiger partial charge on any atom is 0.339 e. The maximum atomic E-state index is 12.5. The van der Waals surface area contributed by atoms with E-state index in [0.29, 0.717) is 6.61 Å². The second-order valence-corrected chi connectivity index (χ2v) is 5.99. The van der Waals surface area contributed by atoms with Crippen molar-refractivity contribution in [1.29, 1.82) is 0 Å². The van der Waals surface area contributed by atoms with Gasteiger partial charge in [-0.3, -0.25) is 0 Å². The Bertz CT molecular complexity index is 510. The van der Waals surface area contributed by atoms with Crippen LogP contribution in [0, 0.1) is 0 Å². The molecule has 0 fully saturated rings. The van der Waals surface area contributed by atoms with Gasteiger partial charge in [-0.25, -0.2) is 9.59 Å². The van der Waals surface area contributed by atoms with Gasteiger partial charge in [0.1, 0.15) is 6.10 Å². The Hall–Kier alpha value is -1.84. The molecular formula is C20H30O4. The third-order valence-electron chi connectivity index (χ3n) is 3.86. The van der Waals surface area contributed by atoms with Crippen molar-refractivity contribution in [3.05, 3.63) is 35.4 Å². The molecule has 0 amide bonds. The highest BCUT2D eigenvalue weighted by molar-refractivity contribution is 6.03. The van der Waals surface area contributed by atoms with Crippen LogP contribution >= 0.6 is 0 Å². The molecule has 0 saturated carbocycles. The topological polar surface area (TPSA) is 52.6 Å². The van der Waals surface area contributed by atoms with Crippen LogP contribution < -0.4 is 0 Å². The zero-order valence-corrected chi connectivity index (χ0v) is 15.2. The summed E-state index contributed by atoms with van der Waals surface area (Å²) < 4.78 is 10.9. The van der Waals surface area contributed by atoms with Crippen molar-refractivity contribution >= 4 is 11.9 Å². The van der Waals surface area contributed by atoms with Crippen molar-refractivity contribution in [2.24, 2.45) is 0 Å². The van der Waals surface area contributed by atoms with E-state index in [0.717, 1.165) is 44.9 Å². The number of carbonyl (C=O) groups is 2. The minimum absolute atomic E-state index is 0.0911. The standard InChI is InChI=1S/C20H30O4/c1-4-7-12-16(11-6-3)24-20(22)18-14-10-9-13-17(18)19(21)23-15-8-5-2/h9-10,13-14,16H,4-8,11-12,15H2,1-3H3. The van der Waals surface area contributed by atoms with E-state index in [-0.39, 0.29) is 17.2 Å². The number of esters is 2. The molecule has 0 spiro atoms. The minimum atomic E-state index is -0.461. The molecule has 1 aromatic rings. The van der Waals surface area contributed by atoms with Crippen LogP contribution in [0.25, 0.3) is 0 Å². The minimum Gasteiger partial charge on any atom is -0.462 e. The van der Waals surface area contributed by atoms with Crippen molar-refractivity contribution in [2.45, 2.75) is 71.8 Å². The average Bonchev–Trinajstić information content (AvgIpc) is 2.60. The number of hydrogen-bond acceptors (Lipinski definition) is 4. The molecule has 0 aromatic heterocycles. The summed E-state index contributed by atoms with van der Waals surface area (Å²) in [6, 6.07) is 6.71. The van der Waals surface area contributed by atoms with Crippen molar-refractivity contribution in [3.8, 4) is 0 Å². The first-order valence-corrected chi connectivity index (χ1v) is 9.11. The van der Waals surface area contributed by atoms with E-state index in [9.17, 15) is 9.59 Å². The van der Waals surface area contributed by atoms with Gasteiger partial charge in [0, 0.05) is 0 Å². The summed E-state index contributed by atoms with van der Waals surface area (Å²) in [4.78, 5) is 24.7. The molecule has 0 heterocycles. The molecule has 0 aliphatic heterocycles. The molecule has 0 N–H and O–H groups in total. The number of carbonyl (C=O) groups excluding carboxylic acids is 2. The Morgan fingerprint density at radius 3 is 2.08 bits per heavy atom. The van der Waals surface area contributed by atoms with Crippen LogP contribution in [0.3, 0.4) is 0 Å². The quantitative estimate of drug-likeness (QED) is 0.414. The Labute approximate surface area is 145 Å².